The van der Waals surface area contributed by atoms with Crippen molar-refractivity contribution in [2.24, 2.45) is 0 Å². The van der Waals surface area contributed by atoms with Crippen LogP contribution in [0.15, 0.2) is 65.2 Å². The average molecular weight is 307 g/mol. The Morgan fingerprint density at radius 2 is 1.74 bits per heavy atom. The number of nitrogens with zero attached hydrogens (tertiary/aromatic N) is 2. The molecule has 1 aromatic heterocycles. The van der Waals surface area contributed by atoms with Crippen LogP contribution in [0.5, 0.6) is 0 Å². The molecule has 2 aromatic carbocycles. The van der Waals surface area contributed by atoms with Gasteiger partial charge in [-0.1, -0.05) is 60.6 Å². The van der Waals surface area contributed by atoms with Crippen LogP contribution in [-0.2, 0) is 0 Å². The van der Waals surface area contributed by atoms with Gasteiger partial charge in [0.2, 0.25) is 11.7 Å². The van der Waals surface area contributed by atoms with Crippen molar-refractivity contribution in [2.75, 3.05) is 6.54 Å². The molecule has 0 aliphatic carbocycles. The summed E-state index contributed by atoms with van der Waals surface area (Å²) < 4.78 is 5.31. The minimum absolute atomic E-state index is 0.0624. The molecule has 0 fully saturated rings. The van der Waals surface area contributed by atoms with Crippen molar-refractivity contribution < 1.29 is 9.32 Å². The van der Waals surface area contributed by atoms with E-state index in [1.807, 2.05) is 55.5 Å². The van der Waals surface area contributed by atoms with Crippen molar-refractivity contribution in [2.45, 2.75) is 12.8 Å². The molecule has 5 nitrogen and oxygen atoms in total. The fraction of sp³-hybridized carbons (Fsp3) is 0.167. The zero-order chi connectivity index (χ0) is 16.1. The van der Waals surface area contributed by atoms with Gasteiger partial charge in [-0.2, -0.15) is 4.98 Å². The quantitative estimate of drug-likeness (QED) is 0.785. The number of amides is 1. The molecule has 0 bridgehead atoms. The molecule has 3 aromatic rings. The van der Waals surface area contributed by atoms with Gasteiger partial charge in [-0.05, 0) is 12.1 Å². The smallest absolute Gasteiger partial charge is 0.251 e. The van der Waals surface area contributed by atoms with E-state index in [2.05, 4.69) is 15.5 Å². The minimum atomic E-state index is -0.111. The zero-order valence-electron chi connectivity index (χ0n) is 12.8. The van der Waals surface area contributed by atoms with Crippen LogP contribution in [0, 0.1) is 0 Å². The highest BCUT2D eigenvalue weighted by atomic mass is 16.5. The molecular formula is C18H17N3O2. The number of rotatable bonds is 5. The molecule has 0 radical (unpaired) electrons. The molecule has 0 aliphatic rings. The number of hydrogen-bond acceptors (Lipinski definition) is 4. The lowest BCUT2D eigenvalue weighted by Crippen LogP contribution is -2.27. The van der Waals surface area contributed by atoms with Gasteiger partial charge in [-0.15, -0.1) is 0 Å². The first kappa shape index (κ1) is 15.0. The van der Waals surface area contributed by atoms with Crippen LogP contribution in [0.3, 0.4) is 0 Å². The van der Waals surface area contributed by atoms with E-state index in [9.17, 15) is 4.79 Å². The molecule has 0 saturated carbocycles. The van der Waals surface area contributed by atoms with Crippen molar-refractivity contribution in [3.8, 4) is 11.4 Å². The van der Waals surface area contributed by atoms with Crippen LogP contribution in [0.2, 0.25) is 0 Å². The topological polar surface area (TPSA) is 68.0 Å². The predicted octanol–water partition coefficient (Wildman–Crippen LogP) is 3.27. The third-order valence-electron chi connectivity index (χ3n) is 3.50. The van der Waals surface area contributed by atoms with Crippen LogP contribution >= 0.6 is 0 Å². The van der Waals surface area contributed by atoms with Crippen molar-refractivity contribution in [3.05, 3.63) is 72.1 Å². The molecule has 3 rings (SSSR count). The minimum Gasteiger partial charge on any atom is -0.351 e. The number of benzene rings is 2. The fourth-order valence-electron chi connectivity index (χ4n) is 2.16. The van der Waals surface area contributed by atoms with Crippen LogP contribution < -0.4 is 5.32 Å². The Hall–Kier alpha value is -2.95. The summed E-state index contributed by atoms with van der Waals surface area (Å²) in [6, 6.07) is 18.7. The van der Waals surface area contributed by atoms with Gasteiger partial charge in [0.05, 0.1) is 5.92 Å². The Morgan fingerprint density at radius 3 is 2.43 bits per heavy atom. The number of carbonyl (C=O) groups is 1. The molecule has 0 spiro atoms. The van der Waals surface area contributed by atoms with E-state index >= 15 is 0 Å². The molecule has 116 valence electrons. The van der Waals surface area contributed by atoms with Gasteiger partial charge in [0, 0.05) is 17.7 Å². The first-order chi connectivity index (χ1) is 11.2. The highest BCUT2D eigenvalue weighted by Crippen LogP contribution is 2.19. The van der Waals surface area contributed by atoms with Crippen molar-refractivity contribution in [1.29, 1.82) is 0 Å². The summed E-state index contributed by atoms with van der Waals surface area (Å²) in [5, 5.41) is 6.87. The molecule has 0 saturated heterocycles. The molecule has 5 heteroatoms. The van der Waals surface area contributed by atoms with E-state index in [4.69, 9.17) is 4.52 Å². The first-order valence-corrected chi connectivity index (χ1v) is 7.46. The summed E-state index contributed by atoms with van der Waals surface area (Å²) in [7, 11) is 0. The Labute approximate surface area is 134 Å². The maximum Gasteiger partial charge on any atom is 0.251 e. The van der Waals surface area contributed by atoms with Crippen LogP contribution in [-0.4, -0.2) is 22.6 Å². The number of nitrogens with one attached hydrogen (secondary N) is 1. The summed E-state index contributed by atoms with van der Waals surface area (Å²) in [6.45, 7) is 2.37. The monoisotopic (exact) mass is 307 g/mol. The van der Waals surface area contributed by atoms with Gasteiger partial charge >= 0.3 is 0 Å². The van der Waals surface area contributed by atoms with Gasteiger partial charge in [-0.3, -0.25) is 4.79 Å². The van der Waals surface area contributed by atoms with Crippen LogP contribution in [0.1, 0.15) is 29.1 Å². The van der Waals surface area contributed by atoms with E-state index in [1.54, 1.807) is 12.1 Å². The summed E-state index contributed by atoms with van der Waals surface area (Å²) >= 11 is 0. The Morgan fingerprint density at radius 1 is 1.09 bits per heavy atom. The van der Waals surface area contributed by atoms with E-state index < -0.39 is 0 Å². The molecule has 1 atom stereocenters. The second-order valence-corrected chi connectivity index (χ2v) is 5.30. The highest BCUT2D eigenvalue weighted by Gasteiger charge is 2.16. The zero-order valence-corrected chi connectivity index (χ0v) is 12.8. The summed E-state index contributed by atoms with van der Waals surface area (Å²) in [5.41, 5.74) is 1.54. The summed E-state index contributed by atoms with van der Waals surface area (Å²) in [4.78, 5) is 16.4. The van der Waals surface area contributed by atoms with Gasteiger partial charge in [0.1, 0.15) is 0 Å². The third-order valence-corrected chi connectivity index (χ3v) is 3.50. The molecule has 0 aliphatic heterocycles. The highest BCUT2D eigenvalue weighted by molar-refractivity contribution is 5.94. The molecule has 1 unspecified atom stereocenters. The molecule has 1 amide bonds. The summed E-state index contributed by atoms with van der Waals surface area (Å²) in [6.07, 6.45) is 0. The Bertz CT molecular complexity index is 769. The second-order valence-electron chi connectivity index (χ2n) is 5.30. The Balaban J connectivity index is 1.62. The van der Waals surface area contributed by atoms with E-state index in [-0.39, 0.29) is 11.8 Å². The second kappa shape index (κ2) is 6.87. The van der Waals surface area contributed by atoms with E-state index in [0.717, 1.165) is 5.56 Å². The molecular weight excluding hydrogens is 290 g/mol. The lowest BCUT2D eigenvalue weighted by atomic mass is 10.1. The molecule has 23 heavy (non-hydrogen) atoms. The molecule has 1 heterocycles. The largest absolute Gasteiger partial charge is 0.351 e. The number of aromatic nitrogens is 2. The average Bonchev–Trinajstić information content (AvgIpc) is 3.11. The van der Waals surface area contributed by atoms with Crippen molar-refractivity contribution in [1.82, 2.24) is 15.5 Å². The van der Waals surface area contributed by atoms with Crippen LogP contribution in [0.4, 0.5) is 0 Å². The SMILES string of the molecule is CC(CNC(=O)c1ccccc1)c1nc(-c2ccccc2)no1. The molecule has 1 N–H and O–H groups in total. The number of hydrogen-bond donors (Lipinski definition) is 1. The maximum absolute atomic E-state index is 12.0. The lowest BCUT2D eigenvalue weighted by molar-refractivity contribution is 0.0950. The third kappa shape index (κ3) is 3.63. The maximum atomic E-state index is 12.0. The lowest BCUT2D eigenvalue weighted by Gasteiger charge is -2.08. The summed E-state index contributed by atoms with van der Waals surface area (Å²) in [5.74, 6) is 0.895. The van der Waals surface area contributed by atoms with Crippen molar-refractivity contribution in [3.63, 3.8) is 0 Å². The van der Waals surface area contributed by atoms with E-state index in [1.165, 1.54) is 0 Å². The van der Waals surface area contributed by atoms with Gasteiger partial charge in [0.25, 0.3) is 5.91 Å². The van der Waals surface area contributed by atoms with Gasteiger partial charge in [0.15, 0.2) is 0 Å². The van der Waals surface area contributed by atoms with Crippen molar-refractivity contribution >= 4 is 5.91 Å². The predicted molar refractivity (Wildman–Crippen MR) is 86.9 cm³/mol. The van der Waals surface area contributed by atoms with Crippen LogP contribution in [0.25, 0.3) is 11.4 Å². The fourth-order valence-corrected chi connectivity index (χ4v) is 2.16. The first-order valence-electron chi connectivity index (χ1n) is 7.46. The normalized spacial score (nSPS) is 11.9. The van der Waals surface area contributed by atoms with Gasteiger partial charge < -0.3 is 9.84 Å². The standard InChI is InChI=1S/C18H17N3O2/c1-13(12-19-17(22)15-10-6-3-7-11-15)18-20-16(21-23-18)14-8-4-2-5-9-14/h2-11,13H,12H2,1H3,(H,19,22). The van der Waals surface area contributed by atoms with Gasteiger partial charge in [-0.25, -0.2) is 0 Å². The van der Waals surface area contributed by atoms with E-state index in [0.29, 0.717) is 23.8 Å². The number of carbonyl (C=O) groups excluding carboxylic acids is 1. The Kier molecular flexibility index (Phi) is 4.47.